The van der Waals surface area contributed by atoms with E-state index in [9.17, 15) is 4.79 Å². The number of amides is 2. The van der Waals surface area contributed by atoms with E-state index in [0.717, 1.165) is 11.3 Å². The van der Waals surface area contributed by atoms with Gasteiger partial charge in [0, 0.05) is 0 Å². The normalized spacial score (nSPS) is 12.0. The molecule has 1 rings (SSSR count). The summed E-state index contributed by atoms with van der Waals surface area (Å²) >= 11 is 0. The van der Waals surface area contributed by atoms with Gasteiger partial charge in [0.1, 0.15) is 12.4 Å². The lowest BCUT2D eigenvalue weighted by atomic mass is 10.0. The van der Waals surface area contributed by atoms with Crippen molar-refractivity contribution in [3.8, 4) is 5.75 Å². The Balaban J connectivity index is 2.33. The number of aliphatic hydroxyl groups excluding tert-OH is 1. The van der Waals surface area contributed by atoms with Crippen LogP contribution in [0.5, 0.6) is 5.75 Å². The fraction of sp³-hybridized carbons (Fsp3) is 0.562. The Labute approximate surface area is 126 Å². The molecule has 3 N–H and O–H groups in total. The van der Waals surface area contributed by atoms with Gasteiger partial charge < -0.3 is 20.5 Å². The molecule has 0 spiro atoms. The molecule has 0 aliphatic rings. The third-order valence-electron chi connectivity index (χ3n) is 3.23. The van der Waals surface area contributed by atoms with Crippen molar-refractivity contribution in [3.05, 3.63) is 29.8 Å². The van der Waals surface area contributed by atoms with E-state index in [1.807, 2.05) is 31.2 Å². The highest BCUT2D eigenvalue weighted by atomic mass is 16.5. The summed E-state index contributed by atoms with van der Waals surface area (Å²) in [5, 5.41) is 14.4. The number of hydrogen-bond acceptors (Lipinski definition) is 3. The molecular weight excluding hydrogens is 268 g/mol. The Morgan fingerprint density at radius 2 is 2.05 bits per heavy atom. The molecule has 0 aromatic heterocycles. The van der Waals surface area contributed by atoms with E-state index in [2.05, 4.69) is 24.5 Å². The predicted molar refractivity (Wildman–Crippen MR) is 83.7 cm³/mol. The first-order valence-electron chi connectivity index (χ1n) is 7.45. The van der Waals surface area contributed by atoms with E-state index < -0.39 is 0 Å². The maximum Gasteiger partial charge on any atom is 0.315 e. The molecule has 0 radical (unpaired) electrons. The van der Waals surface area contributed by atoms with Crippen LogP contribution < -0.4 is 15.4 Å². The van der Waals surface area contributed by atoms with E-state index in [0.29, 0.717) is 25.5 Å². The van der Waals surface area contributed by atoms with Crippen LogP contribution in [0.1, 0.15) is 38.7 Å². The monoisotopic (exact) mass is 294 g/mol. The minimum Gasteiger partial charge on any atom is -0.491 e. The van der Waals surface area contributed by atoms with E-state index in [1.165, 1.54) is 0 Å². The summed E-state index contributed by atoms with van der Waals surface area (Å²) in [6.45, 7) is 6.92. The standard InChI is InChI=1S/C16H26N2O3/c1-4-13(11-19)18-16(20)17-9-10-21-15-8-6-5-7-14(15)12(2)3/h5-8,12-13,19H,4,9-11H2,1-3H3,(H2,17,18,20). The van der Waals surface area contributed by atoms with Gasteiger partial charge in [0.2, 0.25) is 0 Å². The number of nitrogens with one attached hydrogen (secondary N) is 2. The number of aliphatic hydroxyl groups is 1. The van der Waals surface area contributed by atoms with Crippen molar-refractivity contribution in [2.75, 3.05) is 19.8 Å². The van der Waals surface area contributed by atoms with Crippen LogP contribution in [-0.2, 0) is 0 Å². The minimum absolute atomic E-state index is 0.0534. The zero-order valence-electron chi connectivity index (χ0n) is 13.1. The second-order valence-electron chi connectivity index (χ2n) is 5.23. The molecule has 21 heavy (non-hydrogen) atoms. The van der Waals surface area contributed by atoms with Crippen LogP contribution in [0.2, 0.25) is 0 Å². The Kier molecular flexibility index (Phi) is 7.61. The summed E-state index contributed by atoms with van der Waals surface area (Å²) < 4.78 is 5.71. The fourth-order valence-electron chi connectivity index (χ4n) is 1.93. The number of carbonyl (C=O) groups is 1. The molecule has 0 aliphatic heterocycles. The number of urea groups is 1. The second kappa shape index (κ2) is 9.23. The molecule has 1 aromatic rings. The molecule has 0 saturated heterocycles. The second-order valence-corrected chi connectivity index (χ2v) is 5.23. The van der Waals surface area contributed by atoms with E-state index in [-0.39, 0.29) is 18.7 Å². The van der Waals surface area contributed by atoms with Crippen LogP contribution in [0.25, 0.3) is 0 Å². The molecule has 5 heteroatoms. The number of rotatable bonds is 8. The highest BCUT2D eigenvalue weighted by Crippen LogP contribution is 2.25. The molecule has 2 amide bonds. The Morgan fingerprint density at radius 1 is 1.33 bits per heavy atom. The summed E-state index contributed by atoms with van der Waals surface area (Å²) in [6, 6.07) is 7.44. The largest absolute Gasteiger partial charge is 0.491 e. The van der Waals surface area contributed by atoms with Crippen molar-refractivity contribution in [3.63, 3.8) is 0 Å². The summed E-state index contributed by atoms with van der Waals surface area (Å²) in [5.41, 5.74) is 1.16. The van der Waals surface area contributed by atoms with Crippen LogP contribution in [0, 0.1) is 0 Å². The van der Waals surface area contributed by atoms with Gasteiger partial charge in [-0.05, 0) is 24.0 Å². The van der Waals surface area contributed by atoms with Gasteiger partial charge in [0.05, 0.1) is 19.2 Å². The highest BCUT2D eigenvalue weighted by molar-refractivity contribution is 5.74. The van der Waals surface area contributed by atoms with Crippen molar-refractivity contribution in [2.45, 2.75) is 39.2 Å². The number of ether oxygens (including phenoxy) is 1. The van der Waals surface area contributed by atoms with Crippen LogP contribution >= 0.6 is 0 Å². The summed E-state index contributed by atoms with van der Waals surface area (Å²) in [5.74, 6) is 1.25. The van der Waals surface area contributed by atoms with E-state index >= 15 is 0 Å². The van der Waals surface area contributed by atoms with Crippen LogP contribution in [0.15, 0.2) is 24.3 Å². The van der Waals surface area contributed by atoms with Crippen molar-refractivity contribution < 1.29 is 14.6 Å². The molecule has 0 saturated carbocycles. The van der Waals surface area contributed by atoms with Gasteiger partial charge in [0.15, 0.2) is 0 Å². The summed E-state index contributed by atoms with van der Waals surface area (Å²) in [4.78, 5) is 11.6. The van der Waals surface area contributed by atoms with Gasteiger partial charge in [-0.2, -0.15) is 0 Å². The highest BCUT2D eigenvalue weighted by Gasteiger charge is 2.09. The number of carbonyl (C=O) groups excluding carboxylic acids is 1. The smallest absolute Gasteiger partial charge is 0.315 e. The first-order valence-corrected chi connectivity index (χ1v) is 7.45. The lowest BCUT2D eigenvalue weighted by Crippen LogP contribution is -2.44. The van der Waals surface area contributed by atoms with Gasteiger partial charge in [-0.25, -0.2) is 4.79 Å². The molecule has 0 heterocycles. The van der Waals surface area contributed by atoms with Crippen molar-refractivity contribution in [1.82, 2.24) is 10.6 Å². The molecule has 1 aromatic carbocycles. The molecule has 0 bridgehead atoms. The molecule has 0 fully saturated rings. The zero-order chi connectivity index (χ0) is 15.7. The van der Waals surface area contributed by atoms with Gasteiger partial charge in [-0.3, -0.25) is 0 Å². The van der Waals surface area contributed by atoms with Gasteiger partial charge in [-0.15, -0.1) is 0 Å². The molecule has 1 atom stereocenters. The quantitative estimate of drug-likeness (QED) is 0.644. The fourth-order valence-corrected chi connectivity index (χ4v) is 1.93. The first-order chi connectivity index (χ1) is 10.1. The first kappa shape index (κ1) is 17.3. The van der Waals surface area contributed by atoms with Crippen molar-refractivity contribution in [1.29, 1.82) is 0 Å². The maximum atomic E-state index is 11.6. The minimum atomic E-state index is -0.281. The van der Waals surface area contributed by atoms with Crippen LogP contribution in [0.4, 0.5) is 4.79 Å². The van der Waals surface area contributed by atoms with E-state index in [4.69, 9.17) is 9.84 Å². The SMILES string of the molecule is CCC(CO)NC(=O)NCCOc1ccccc1C(C)C. The Bertz CT molecular complexity index is 431. The van der Waals surface area contributed by atoms with Crippen LogP contribution in [-0.4, -0.2) is 36.9 Å². The molecule has 1 unspecified atom stereocenters. The number of hydrogen-bond donors (Lipinski definition) is 3. The topological polar surface area (TPSA) is 70.6 Å². The Hall–Kier alpha value is -1.75. The van der Waals surface area contributed by atoms with Gasteiger partial charge in [0.25, 0.3) is 0 Å². The summed E-state index contributed by atoms with van der Waals surface area (Å²) in [7, 11) is 0. The molecule has 0 aliphatic carbocycles. The lowest BCUT2D eigenvalue weighted by molar-refractivity contribution is 0.212. The molecule has 5 nitrogen and oxygen atoms in total. The Morgan fingerprint density at radius 3 is 2.67 bits per heavy atom. The maximum absolute atomic E-state index is 11.6. The predicted octanol–water partition coefficient (Wildman–Crippen LogP) is 2.26. The third-order valence-corrected chi connectivity index (χ3v) is 3.23. The lowest BCUT2D eigenvalue weighted by Gasteiger charge is -2.16. The number of benzene rings is 1. The van der Waals surface area contributed by atoms with E-state index in [1.54, 1.807) is 0 Å². The van der Waals surface area contributed by atoms with Crippen molar-refractivity contribution in [2.24, 2.45) is 0 Å². The molecule has 118 valence electrons. The van der Waals surface area contributed by atoms with Crippen LogP contribution in [0.3, 0.4) is 0 Å². The third kappa shape index (κ3) is 6.04. The van der Waals surface area contributed by atoms with Crippen molar-refractivity contribution >= 4 is 6.03 Å². The molecular formula is C16H26N2O3. The number of para-hydroxylation sites is 1. The van der Waals surface area contributed by atoms with Gasteiger partial charge >= 0.3 is 6.03 Å². The van der Waals surface area contributed by atoms with Gasteiger partial charge in [-0.1, -0.05) is 39.0 Å². The summed E-state index contributed by atoms with van der Waals surface area (Å²) in [6.07, 6.45) is 0.697. The average molecular weight is 294 g/mol. The average Bonchev–Trinajstić information content (AvgIpc) is 2.49. The zero-order valence-corrected chi connectivity index (χ0v) is 13.1.